The van der Waals surface area contributed by atoms with Gasteiger partial charge in [0, 0.05) is 11.3 Å². The lowest BCUT2D eigenvalue weighted by atomic mass is 10.2. The molecule has 1 aliphatic heterocycles. The second kappa shape index (κ2) is 7.58. The van der Waals surface area contributed by atoms with Crippen LogP contribution >= 0.6 is 24.0 Å². The number of rotatable bonds is 4. The molecule has 0 aromatic heterocycles. The molecule has 4 nitrogen and oxygen atoms in total. The molecule has 3 rings (SSSR count). The summed E-state index contributed by atoms with van der Waals surface area (Å²) in [6.45, 7) is -0.186. The van der Waals surface area contributed by atoms with E-state index in [1.807, 2.05) is 6.07 Å². The van der Waals surface area contributed by atoms with E-state index in [-0.39, 0.29) is 16.8 Å². The molecule has 1 fully saturated rings. The van der Waals surface area contributed by atoms with Gasteiger partial charge in [0.05, 0.1) is 4.91 Å². The number of nitrogens with one attached hydrogen (secondary N) is 1. The summed E-state index contributed by atoms with van der Waals surface area (Å²) in [5.74, 6) is -1.18. The van der Waals surface area contributed by atoms with Crippen LogP contribution in [0.3, 0.4) is 0 Å². The molecule has 126 valence electrons. The smallest absolute Gasteiger partial charge is 0.266 e. The minimum Gasteiger partial charge on any atom is -0.325 e. The predicted octanol–water partition coefficient (Wildman–Crippen LogP) is 3.67. The van der Waals surface area contributed by atoms with Crippen molar-refractivity contribution in [3.05, 3.63) is 70.9 Å². The van der Waals surface area contributed by atoms with Crippen molar-refractivity contribution in [2.24, 2.45) is 0 Å². The zero-order chi connectivity index (χ0) is 17.8. The molecular weight excluding hydrogens is 359 g/mol. The second-order valence-electron chi connectivity index (χ2n) is 5.20. The van der Waals surface area contributed by atoms with Crippen LogP contribution in [0.15, 0.2) is 59.5 Å². The van der Waals surface area contributed by atoms with E-state index < -0.39 is 11.7 Å². The van der Waals surface area contributed by atoms with Crippen LogP contribution in [0.2, 0.25) is 0 Å². The Kier molecular flexibility index (Phi) is 5.25. The maximum Gasteiger partial charge on any atom is 0.266 e. The van der Waals surface area contributed by atoms with E-state index in [0.29, 0.717) is 16.2 Å². The van der Waals surface area contributed by atoms with E-state index >= 15 is 0 Å². The first-order chi connectivity index (χ1) is 12.0. The Morgan fingerprint density at radius 1 is 1.16 bits per heavy atom. The summed E-state index contributed by atoms with van der Waals surface area (Å²) in [5.41, 5.74) is 0.941. The maximum absolute atomic E-state index is 13.7. The van der Waals surface area contributed by atoms with Crippen LogP contribution in [-0.2, 0) is 9.59 Å². The first kappa shape index (κ1) is 17.3. The van der Waals surface area contributed by atoms with Crippen LogP contribution < -0.4 is 5.32 Å². The van der Waals surface area contributed by atoms with Gasteiger partial charge >= 0.3 is 0 Å². The third-order valence-electron chi connectivity index (χ3n) is 3.42. The number of anilines is 1. The molecule has 2 aromatic carbocycles. The van der Waals surface area contributed by atoms with Gasteiger partial charge in [-0.25, -0.2) is 4.39 Å². The van der Waals surface area contributed by atoms with Crippen molar-refractivity contribution in [3.8, 4) is 0 Å². The van der Waals surface area contributed by atoms with E-state index in [1.54, 1.807) is 42.5 Å². The van der Waals surface area contributed by atoms with Crippen molar-refractivity contribution in [1.29, 1.82) is 0 Å². The average molecular weight is 372 g/mol. The van der Waals surface area contributed by atoms with Crippen molar-refractivity contribution in [2.45, 2.75) is 0 Å². The SMILES string of the molecule is O=C(CN1C(=O)/C(=C/c2ccccc2F)SC1=S)Nc1ccccc1. The molecule has 0 atom stereocenters. The largest absolute Gasteiger partial charge is 0.325 e. The fourth-order valence-corrected chi connectivity index (χ4v) is 3.48. The number of hydrogen-bond acceptors (Lipinski definition) is 4. The van der Waals surface area contributed by atoms with Crippen LogP contribution in [0.4, 0.5) is 10.1 Å². The summed E-state index contributed by atoms with van der Waals surface area (Å²) in [7, 11) is 0. The van der Waals surface area contributed by atoms with Crippen molar-refractivity contribution in [2.75, 3.05) is 11.9 Å². The highest BCUT2D eigenvalue weighted by molar-refractivity contribution is 8.26. The first-order valence-electron chi connectivity index (χ1n) is 7.39. The first-order valence-corrected chi connectivity index (χ1v) is 8.62. The third-order valence-corrected chi connectivity index (χ3v) is 4.80. The number of amides is 2. The summed E-state index contributed by atoms with van der Waals surface area (Å²) in [4.78, 5) is 26.1. The molecule has 0 aliphatic carbocycles. The van der Waals surface area contributed by atoms with E-state index in [1.165, 1.54) is 17.0 Å². The number of halogens is 1. The fourth-order valence-electron chi connectivity index (χ4n) is 2.24. The Labute approximate surface area is 153 Å². The van der Waals surface area contributed by atoms with Crippen molar-refractivity contribution >= 4 is 51.9 Å². The molecule has 2 amide bonds. The van der Waals surface area contributed by atoms with Crippen LogP contribution in [0.5, 0.6) is 0 Å². The topological polar surface area (TPSA) is 49.4 Å². The maximum atomic E-state index is 13.7. The van der Waals surface area contributed by atoms with Gasteiger partial charge in [0.1, 0.15) is 16.7 Å². The van der Waals surface area contributed by atoms with Gasteiger partial charge in [0.2, 0.25) is 5.91 Å². The number of nitrogens with zero attached hydrogens (tertiary/aromatic N) is 1. The van der Waals surface area contributed by atoms with Gasteiger partial charge in [-0.2, -0.15) is 0 Å². The highest BCUT2D eigenvalue weighted by atomic mass is 32.2. The van der Waals surface area contributed by atoms with E-state index in [0.717, 1.165) is 11.8 Å². The minimum absolute atomic E-state index is 0.186. The number of carbonyl (C=O) groups excluding carboxylic acids is 2. The number of para-hydroxylation sites is 1. The lowest BCUT2D eigenvalue weighted by molar-refractivity contribution is -0.126. The minimum atomic E-state index is -0.422. The number of thiocarbonyl (C=S) groups is 1. The van der Waals surface area contributed by atoms with Gasteiger partial charge in [-0.1, -0.05) is 60.4 Å². The van der Waals surface area contributed by atoms with Gasteiger partial charge in [-0.05, 0) is 24.3 Å². The average Bonchev–Trinajstić information content (AvgIpc) is 2.85. The van der Waals surface area contributed by atoms with Crippen LogP contribution in [-0.4, -0.2) is 27.6 Å². The Hall–Kier alpha value is -2.51. The number of carbonyl (C=O) groups is 2. The second-order valence-corrected chi connectivity index (χ2v) is 6.88. The van der Waals surface area contributed by atoms with E-state index in [9.17, 15) is 14.0 Å². The molecule has 7 heteroatoms. The number of hydrogen-bond donors (Lipinski definition) is 1. The molecule has 0 spiro atoms. The van der Waals surface area contributed by atoms with Crippen molar-refractivity contribution in [1.82, 2.24) is 4.90 Å². The van der Waals surface area contributed by atoms with Crippen molar-refractivity contribution in [3.63, 3.8) is 0 Å². The predicted molar refractivity (Wildman–Crippen MR) is 101 cm³/mol. The Bertz CT molecular complexity index is 868. The van der Waals surface area contributed by atoms with Crippen molar-refractivity contribution < 1.29 is 14.0 Å². The van der Waals surface area contributed by atoms with Crippen LogP contribution in [0.1, 0.15) is 5.56 Å². The van der Waals surface area contributed by atoms with E-state index in [4.69, 9.17) is 12.2 Å². The standard InChI is InChI=1S/C18H13FN2O2S2/c19-14-9-5-4-6-12(14)10-15-17(23)21(18(24)25-15)11-16(22)20-13-7-2-1-3-8-13/h1-10H,11H2,(H,20,22)/b15-10-. The molecule has 1 aliphatic rings. The fraction of sp³-hybridized carbons (Fsp3) is 0.0556. The molecule has 0 bridgehead atoms. The molecule has 2 aromatic rings. The highest BCUT2D eigenvalue weighted by Gasteiger charge is 2.33. The Balaban J connectivity index is 1.71. The van der Waals surface area contributed by atoms with Gasteiger partial charge in [0.15, 0.2) is 0 Å². The molecule has 25 heavy (non-hydrogen) atoms. The Morgan fingerprint density at radius 3 is 2.56 bits per heavy atom. The van der Waals surface area contributed by atoms with Crippen LogP contribution in [0, 0.1) is 5.82 Å². The monoisotopic (exact) mass is 372 g/mol. The lowest BCUT2D eigenvalue weighted by Crippen LogP contribution is -2.36. The summed E-state index contributed by atoms with van der Waals surface area (Å²) >= 11 is 6.24. The molecule has 1 heterocycles. The highest BCUT2D eigenvalue weighted by Crippen LogP contribution is 2.32. The van der Waals surface area contributed by atoms with Gasteiger partial charge in [0.25, 0.3) is 5.91 Å². The molecule has 1 saturated heterocycles. The quantitative estimate of drug-likeness (QED) is 0.657. The molecular formula is C18H13FN2O2S2. The summed E-state index contributed by atoms with van der Waals surface area (Å²) < 4.78 is 14.0. The van der Waals surface area contributed by atoms with Gasteiger partial charge < -0.3 is 5.32 Å². The van der Waals surface area contributed by atoms with Gasteiger partial charge in [-0.15, -0.1) is 0 Å². The van der Waals surface area contributed by atoms with Gasteiger partial charge in [-0.3, -0.25) is 14.5 Å². The normalized spacial score (nSPS) is 15.7. The zero-order valence-electron chi connectivity index (χ0n) is 12.9. The lowest BCUT2D eigenvalue weighted by Gasteiger charge is -2.14. The Morgan fingerprint density at radius 2 is 1.84 bits per heavy atom. The summed E-state index contributed by atoms with van der Waals surface area (Å²) in [6.07, 6.45) is 1.45. The molecule has 0 unspecified atom stereocenters. The van der Waals surface area contributed by atoms with E-state index in [2.05, 4.69) is 5.32 Å². The summed E-state index contributed by atoms with van der Waals surface area (Å²) in [6, 6.07) is 15.1. The number of thioether (sulfide) groups is 1. The summed E-state index contributed by atoms with van der Waals surface area (Å²) in [5, 5.41) is 2.70. The molecule has 0 saturated carbocycles. The molecule has 1 N–H and O–H groups in total. The third kappa shape index (κ3) is 4.12. The number of benzene rings is 2. The zero-order valence-corrected chi connectivity index (χ0v) is 14.6. The van der Waals surface area contributed by atoms with Crippen LogP contribution in [0.25, 0.3) is 6.08 Å². The molecule has 0 radical (unpaired) electrons.